The van der Waals surface area contributed by atoms with Crippen molar-refractivity contribution in [2.45, 2.75) is 18.2 Å². The van der Waals surface area contributed by atoms with Gasteiger partial charge < -0.3 is 4.90 Å². The second-order valence-electron chi connectivity index (χ2n) is 3.68. The maximum atomic E-state index is 4.56. The Bertz CT molecular complexity index is 432. The van der Waals surface area contributed by atoms with Crippen molar-refractivity contribution >= 4 is 33.4 Å². The van der Waals surface area contributed by atoms with E-state index in [9.17, 15) is 0 Å². The molecule has 0 aliphatic heterocycles. The van der Waals surface area contributed by atoms with Gasteiger partial charge in [-0.1, -0.05) is 36.9 Å². The first kappa shape index (κ1) is 12.8. The summed E-state index contributed by atoms with van der Waals surface area (Å²) in [6.07, 6.45) is 1.82. The monoisotopic (exact) mass is 267 g/mol. The molecule has 0 bridgehead atoms. The molecule has 0 aliphatic rings. The number of thiazole rings is 1. The second kappa shape index (κ2) is 6.33. The van der Waals surface area contributed by atoms with E-state index in [2.05, 4.69) is 28.7 Å². The van der Waals surface area contributed by atoms with Crippen LogP contribution < -0.4 is 0 Å². The first-order valence-electron chi connectivity index (χ1n) is 5.90. The Morgan fingerprint density at radius 2 is 2.18 bits per heavy atom. The van der Waals surface area contributed by atoms with Crippen molar-refractivity contribution in [3.63, 3.8) is 0 Å². The van der Waals surface area contributed by atoms with Crippen molar-refractivity contribution in [3.8, 4) is 0 Å². The van der Waals surface area contributed by atoms with Gasteiger partial charge >= 0.3 is 0 Å². The standard InChI is InChI=1S/C12H17N3S2/c1-3-15(4-2)8-9-16-12-14-10-6-5-7-13-11(10)17-12/h5-7H,3-4,8-9H2,1-2H3. The lowest BCUT2D eigenvalue weighted by Gasteiger charge is -2.16. The van der Waals surface area contributed by atoms with Gasteiger partial charge in [0.1, 0.15) is 10.3 Å². The summed E-state index contributed by atoms with van der Waals surface area (Å²) < 4.78 is 1.13. The predicted octanol–water partition coefficient (Wildman–Crippen LogP) is 3.13. The van der Waals surface area contributed by atoms with E-state index in [1.807, 2.05) is 30.1 Å². The van der Waals surface area contributed by atoms with Crippen LogP contribution in [0.25, 0.3) is 10.3 Å². The van der Waals surface area contributed by atoms with E-state index < -0.39 is 0 Å². The summed E-state index contributed by atoms with van der Waals surface area (Å²) in [5.41, 5.74) is 1.02. The molecular weight excluding hydrogens is 250 g/mol. The molecule has 17 heavy (non-hydrogen) atoms. The Kier molecular flexibility index (Phi) is 4.76. The van der Waals surface area contributed by atoms with Crippen molar-refractivity contribution in [3.05, 3.63) is 18.3 Å². The molecule has 2 aromatic rings. The summed E-state index contributed by atoms with van der Waals surface area (Å²) in [4.78, 5) is 12.3. The number of fused-ring (bicyclic) bond motifs is 1. The van der Waals surface area contributed by atoms with Crippen molar-refractivity contribution in [1.82, 2.24) is 14.9 Å². The Labute approximate surface area is 110 Å². The number of nitrogens with zero attached hydrogens (tertiary/aromatic N) is 3. The quantitative estimate of drug-likeness (QED) is 0.752. The number of pyridine rings is 1. The van der Waals surface area contributed by atoms with Crippen LogP contribution in [0.15, 0.2) is 22.7 Å². The average molecular weight is 267 g/mol. The van der Waals surface area contributed by atoms with Crippen LogP contribution in [-0.4, -0.2) is 40.3 Å². The molecule has 0 aliphatic carbocycles. The molecule has 2 rings (SSSR count). The number of aromatic nitrogens is 2. The fourth-order valence-corrected chi connectivity index (χ4v) is 3.66. The Morgan fingerprint density at radius 1 is 1.35 bits per heavy atom. The molecule has 92 valence electrons. The van der Waals surface area contributed by atoms with E-state index in [1.54, 1.807) is 11.3 Å². The Hall–Kier alpha value is -0.650. The first-order valence-corrected chi connectivity index (χ1v) is 7.70. The van der Waals surface area contributed by atoms with E-state index >= 15 is 0 Å². The smallest absolute Gasteiger partial charge is 0.152 e. The lowest BCUT2D eigenvalue weighted by molar-refractivity contribution is 0.324. The average Bonchev–Trinajstić information content (AvgIpc) is 2.77. The predicted molar refractivity (Wildman–Crippen MR) is 75.9 cm³/mol. The van der Waals surface area contributed by atoms with Crippen LogP contribution >= 0.6 is 23.1 Å². The summed E-state index contributed by atoms with van der Waals surface area (Å²) in [6.45, 7) is 7.78. The number of thioether (sulfide) groups is 1. The molecular formula is C12H17N3S2. The van der Waals surface area contributed by atoms with E-state index in [0.29, 0.717) is 0 Å². The van der Waals surface area contributed by atoms with Crippen molar-refractivity contribution < 1.29 is 0 Å². The van der Waals surface area contributed by atoms with Crippen molar-refractivity contribution in [2.75, 3.05) is 25.4 Å². The number of rotatable bonds is 6. The molecule has 0 spiro atoms. The Morgan fingerprint density at radius 3 is 2.88 bits per heavy atom. The molecule has 5 heteroatoms. The minimum Gasteiger partial charge on any atom is -0.303 e. The topological polar surface area (TPSA) is 29.0 Å². The molecule has 2 heterocycles. The van der Waals surface area contributed by atoms with Crippen LogP contribution in [0.2, 0.25) is 0 Å². The zero-order valence-electron chi connectivity index (χ0n) is 10.2. The molecule has 0 fully saturated rings. The maximum absolute atomic E-state index is 4.56. The minimum absolute atomic E-state index is 1.02. The van der Waals surface area contributed by atoms with Crippen LogP contribution in [0.3, 0.4) is 0 Å². The van der Waals surface area contributed by atoms with Crippen LogP contribution in [-0.2, 0) is 0 Å². The highest BCUT2D eigenvalue weighted by molar-refractivity contribution is 8.01. The SMILES string of the molecule is CCN(CC)CCSc1nc2cccnc2s1. The number of hydrogen-bond donors (Lipinski definition) is 0. The van der Waals surface area contributed by atoms with E-state index in [-0.39, 0.29) is 0 Å². The fourth-order valence-electron chi connectivity index (χ4n) is 1.61. The van der Waals surface area contributed by atoms with Crippen LogP contribution in [0.4, 0.5) is 0 Å². The zero-order valence-corrected chi connectivity index (χ0v) is 11.9. The largest absolute Gasteiger partial charge is 0.303 e. The summed E-state index contributed by atoms with van der Waals surface area (Å²) in [5, 5.41) is 0. The highest BCUT2D eigenvalue weighted by Crippen LogP contribution is 2.27. The van der Waals surface area contributed by atoms with Crippen LogP contribution in [0.5, 0.6) is 0 Å². The van der Waals surface area contributed by atoms with Gasteiger partial charge in [-0.25, -0.2) is 9.97 Å². The third kappa shape index (κ3) is 3.40. The van der Waals surface area contributed by atoms with Gasteiger partial charge in [0.25, 0.3) is 0 Å². The summed E-state index contributed by atoms with van der Waals surface area (Å²) >= 11 is 3.52. The number of hydrogen-bond acceptors (Lipinski definition) is 5. The molecule has 2 aromatic heterocycles. The molecule has 0 aromatic carbocycles. The molecule has 0 atom stereocenters. The van der Waals surface area contributed by atoms with Gasteiger partial charge in [0.05, 0.1) is 0 Å². The van der Waals surface area contributed by atoms with Gasteiger partial charge in [-0.2, -0.15) is 0 Å². The molecule has 3 nitrogen and oxygen atoms in total. The molecule has 0 unspecified atom stereocenters. The van der Waals surface area contributed by atoms with Gasteiger partial charge in [0.2, 0.25) is 0 Å². The van der Waals surface area contributed by atoms with Crippen LogP contribution in [0, 0.1) is 0 Å². The summed E-state index contributed by atoms with van der Waals surface area (Å²) in [7, 11) is 0. The zero-order chi connectivity index (χ0) is 12.1. The lowest BCUT2D eigenvalue weighted by Crippen LogP contribution is -2.25. The maximum Gasteiger partial charge on any atom is 0.152 e. The van der Waals surface area contributed by atoms with E-state index in [1.165, 1.54) is 0 Å². The second-order valence-corrected chi connectivity index (χ2v) is 6.00. The minimum atomic E-state index is 1.02. The highest BCUT2D eigenvalue weighted by atomic mass is 32.2. The van der Waals surface area contributed by atoms with Gasteiger partial charge in [-0.05, 0) is 25.2 Å². The molecule has 0 N–H and O–H groups in total. The molecule has 0 radical (unpaired) electrons. The third-order valence-corrected chi connectivity index (χ3v) is 4.78. The van der Waals surface area contributed by atoms with Crippen LogP contribution in [0.1, 0.15) is 13.8 Å². The molecule has 0 saturated carbocycles. The van der Waals surface area contributed by atoms with E-state index in [0.717, 1.165) is 40.1 Å². The van der Waals surface area contributed by atoms with Crippen molar-refractivity contribution in [1.29, 1.82) is 0 Å². The highest BCUT2D eigenvalue weighted by Gasteiger charge is 2.05. The van der Waals surface area contributed by atoms with Crippen molar-refractivity contribution in [2.24, 2.45) is 0 Å². The first-order chi connectivity index (χ1) is 8.33. The Balaban J connectivity index is 1.90. The van der Waals surface area contributed by atoms with Gasteiger partial charge in [-0.3, -0.25) is 0 Å². The molecule has 0 amide bonds. The summed E-state index contributed by atoms with van der Waals surface area (Å²) in [6, 6.07) is 3.96. The normalized spacial score (nSPS) is 11.5. The van der Waals surface area contributed by atoms with Gasteiger partial charge in [-0.15, -0.1) is 0 Å². The van der Waals surface area contributed by atoms with Gasteiger partial charge in [0, 0.05) is 18.5 Å². The third-order valence-electron chi connectivity index (χ3n) is 2.67. The fraction of sp³-hybridized carbons (Fsp3) is 0.500. The summed E-state index contributed by atoms with van der Waals surface area (Å²) in [5.74, 6) is 1.10. The van der Waals surface area contributed by atoms with E-state index in [4.69, 9.17) is 0 Å². The van der Waals surface area contributed by atoms with Gasteiger partial charge in [0.15, 0.2) is 4.34 Å². The molecule has 0 saturated heterocycles. The lowest BCUT2D eigenvalue weighted by atomic mass is 10.5.